The quantitative estimate of drug-likeness (QED) is 0.849. The van der Waals surface area contributed by atoms with Crippen LogP contribution in [0.25, 0.3) is 0 Å². The predicted molar refractivity (Wildman–Crippen MR) is 79.6 cm³/mol. The minimum absolute atomic E-state index is 0.0735. The van der Waals surface area contributed by atoms with Crippen molar-refractivity contribution in [1.82, 2.24) is 9.78 Å². The Morgan fingerprint density at radius 2 is 2.19 bits per heavy atom. The molecule has 0 fully saturated rings. The van der Waals surface area contributed by atoms with Gasteiger partial charge in [-0.2, -0.15) is 5.10 Å². The Morgan fingerprint density at radius 3 is 2.95 bits per heavy atom. The van der Waals surface area contributed by atoms with Gasteiger partial charge in [0.25, 0.3) is 5.91 Å². The number of aromatic nitrogens is 2. The molecule has 112 valence electrons. The minimum Gasteiger partial charge on any atom is -0.495 e. The van der Waals surface area contributed by atoms with Crippen molar-refractivity contribution in [2.45, 2.75) is 19.9 Å². The van der Waals surface area contributed by atoms with Crippen LogP contribution in [0.1, 0.15) is 13.3 Å². The standard InChI is InChI=1S/C15H19N3O3/c1-3-8-18-10-12(9-16-18)21-11-15(19)17-13-6-4-5-7-14(13)20-2/h4-7,9-10H,3,8,11H2,1-2H3,(H,17,19). The summed E-state index contributed by atoms with van der Waals surface area (Å²) in [5.74, 6) is 0.947. The molecule has 0 saturated carbocycles. The third-order valence-corrected chi connectivity index (χ3v) is 2.81. The predicted octanol–water partition coefficient (Wildman–Crippen LogP) is 2.32. The van der Waals surface area contributed by atoms with Crippen molar-refractivity contribution in [3.8, 4) is 11.5 Å². The second-order valence-electron chi connectivity index (χ2n) is 4.48. The molecule has 0 radical (unpaired) electrons. The first-order chi connectivity index (χ1) is 10.2. The van der Waals surface area contributed by atoms with E-state index in [4.69, 9.17) is 9.47 Å². The molecule has 0 atom stereocenters. The Kier molecular flexibility index (Phi) is 5.20. The van der Waals surface area contributed by atoms with Gasteiger partial charge in [-0.25, -0.2) is 0 Å². The van der Waals surface area contributed by atoms with Crippen molar-refractivity contribution in [2.24, 2.45) is 0 Å². The number of para-hydroxylation sites is 2. The lowest BCUT2D eigenvalue weighted by atomic mass is 10.3. The summed E-state index contributed by atoms with van der Waals surface area (Å²) in [4.78, 5) is 11.9. The van der Waals surface area contributed by atoms with Crippen molar-refractivity contribution in [3.63, 3.8) is 0 Å². The molecule has 1 amide bonds. The summed E-state index contributed by atoms with van der Waals surface area (Å²) in [5.41, 5.74) is 0.621. The second kappa shape index (κ2) is 7.33. The van der Waals surface area contributed by atoms with E-state index in [2.05, 4.69) is 17.3 Å². The zero-order valence-electron chi connectivity index (χ0n) is 12.2. The van der Waals surface area contributed by atoms with Gasteiger partial charge >= 0.3 is 0 Å². The van der Waals surface area contributed by atoms with Crippen molar-refractivity contribution in [3.05, 3.63) is 36.7 Å². The van der Waals surface area contributed by atoms with E-state index < -0.39 is 0 Å². The molecule has 6 nitrogen and oxygen atoms in total. The number of nitrogens with zero attached hydrogens (tertiary/aromatic N) is 2. The molecule has 2 aromatic rings. The maximum absolute atomic E-state index is 11.9. The molecule has 0 saturated heterocycles. The first-order valence-electron chi connectivity index (χ1n) is 6.81. The number of nitrogens with one attached hydrogen (secondary N) is 1. The molecule has 0 aliphatic rings. The van der Waals surface area contributed by atoms with E-state index in [0.29, 0.717) is 17.2 Å². The van der Waals surface area contributed by atoms with Crippen molar-refractivity contribution in [2.75, 3.05) is 19.0 Å². The third kappa shape index (κ3) is 4.24. The van der Waals surface area contributed by atoms with Crippen molar-refractivity contribution < 1.29 is 14.3 Å². The lowest BCUT2D eigenvalue weighted by molar-refractivity contribution is -0.118. The number of carbonyl (C=O) groups excluding carboxylic acids is 1. The zero-order chi connectivity index (χ0) is 15.1. The maximum atomic E-state index is 11.9. The van der Waals surface area contributed by atoms with E-state index in [1.165, 1.54) is 0 Å². The van der Waals surface area contributed by atoms with Crippen LogP contribution in [0.4, 0.5) is 5.69 Å². The summed E-state index contributed by atoms with van der Waals surface area (Å²) in [7, 11) is 1.56. The molecule has 0 bridgehead atoms. The van der Waals surface area contributed by atoms with E-state index in [9.17, 15) is 4.79 Å². The van der Waals surface area contributed by atoms with Gasteiger partial charge < -0.3 is 14.8 Å². The Morgan fingerprint density at radius 1 is 1.38 bits per heavy atom. The summed E-state index contributed by atoms with van der Waals surface area (Å²) in [6.07, 6.45) is 4.38. The summed E-state index contributed by atoms with van der Waals surface area (Å²) < 4.78 is 12.4. The second-order valence-corrected chi connectivity index (χ2v) is 4.48. The number of aryl methyl sites for hydroxylation is 1. The van der Waals surface area contributed by atoms with Crippen LogP contribution in [0.5, 0.6) is 11.5 Å². The Hall–Kier alpha value is -2.50. The van der Waals surface area contributed by atoms with E-state index in [0.717, 1.165) is 13.0 Å². The number of ether oxygens (including phenoxy) is 2. The van der Waals surface area contributed by atoms with Crippen LogP contribution in [0.15, 0.2) is 36.7 Å². The molecule has 1 N–H and O–H groups in total. The van der Waals surface area contributed by atoms with Gasteiger partial charge in [0.15, 0.2) is 12.4 Å². The number of hydrogen-bond acceptors (Lipinski definition) is 4. The molecule has 1 aromatic heterocycles. The molecule has 1 heterocycles. The van der Waals surface area contributed by atoms with Crippen LogP contribution in [-0.4, -0.2) is 29.4 Å². The van der Waals surface area contributed by atoms with Crippen LogP contribution < -0.4 is 14.8 Å². The number of amides is 1. The molecule has 0 unspecified atom stereocenters. The van der Waals surface area contributed by atoms with Crippen molar-refractivity contribution in [1.29, 1.82) is 0 Å². The molecule has 0 spiro atoms. The molecule has 6 heteroatoms. The highest BCUT2D eigenvalue weighted by Gasteiger charge is 2.08. The highest BCUT2D eigenvalue weighted by Crippen LogP contribution is 2.22. The number of anilines is 1. The first-order valence-corrected chi connectivity index (χ1v) is 6.81. The van der Waals surface area contributed by atoms with E-state index >= 15 is 0 Å². The summed E-state index contributed by atoms with van der Waals surface area (Å²) in [6, 6.07) is 7.22. The highest BCUT2D eigenvalue weighted by molar-refractivity contribution is 5.93. The monoisotopic (exact) mass is 289 g/mol. The van der Waals surface area contributed by atoms with Gasteiger partial charge in [0.2, 0.25) is 0 Å². The van der Waals surface area contributed by atoms with Gasteiger partial charge in [-0.1, -0.05) is 19.1 Å². The normalized spacial score (nSPS) is 10.2. The fourth-order valence-corrected chi connectivity index (χ4v) is 1.85. The number of hydrogen-bond donors (Lipinski definition) is 1. The van der Waals surface area contributed by atoms with Gasteiger partial charge in [0.05, 0.1) is 25.2 Å². The van der Waals surface area contributed by atoms with Crippen LogP contribution >= 0.6 is 0 Å². The number of rotatable bonds is 7. The lowest BCUT2D eigenvalue weighted by Gasteiger charge is -2.09. The van der Waals surface area contributed by atoms with E-state index in [-0.39, 0.29) is 12.5 Å². The van der Waals surface area contributed by atoms with Crippen molar-refractivity contribution >= 4 is 11.6 Å². The fourth-order valence-electron chi connectivity index (χ4n) is 1.85. The molecular weight excluding hydrogens is 270 g/mol. The molecule has 2 rings (SSSR count). The number of methoxy groups -OCH3 is 1. The van der Waals surface area contributed by atoms with Gasteiger partial charge in [-0.15, -0.1) is 0 Å². The average molecular weight is 289 g/mol. The zero-order valence-corrected chi connectivity index (χ0v) is 12.2. The smallest absolute Gasteiger partial charge is 0.262 e. The Balaban J connectivity index is 1.86. The number of benzene rings is 1. The fraction of sp³-hybridized carbons (Fsp3) is 0.333. The van der Waals surface area contributed by atoms with Crippen LogP contribution in [0.2, 0.25) is 0 Å². The highest BCUT2D eigenvalue weighted by atomic mass is 16.5. The Bertz CT molecular complexity index is 595. The minimum atomic E-state index is -0.247. The summed E-state index contributed by atoms with van der Waals surface area (Å²) in [5, 5.41) is 6.88. The van der Waals surface area contributed by atoms with Crippen LogP contribution in [0, 0.1) is 0 Å². The molecule has 0 aliphatic heterocycles. The van der Waals surface area contributed by atoms with Gasteiger partial charge in [0.1, 0.15) is 5.75 Å². The van der Waals surface area contributed by atoms with Gasteiger partial charge in [-0.05, 0) is 18.6 Å². The SMILES string of the molecule is CCCn1cc(OCC(=O)Nc2ccccc2OC)cn1. The van der Waals surface area contributed by atoms with Crippen LogP contribution in [0.3, 0.4) is 0 Å². The molecular formula is C15H19N3O3. The van der Waals surface area contributed by atoms with Crippen LogP contribution in [-0.2, 0) is 11.3 Å². The largest absolute Gasteiger partial charge is 0.495 e. The topological polar surface area (TPSA) is 65.4 Å². The summed E-state index contributed by atoms with van der Waals surface area (Å²) >= 11 is 0. The molecule has 1 aromatic carbocycles. The first kappa shape index (κ1) is 14.9. The Labute approximate surface area is 123 Å². The number of carbonyl (C=O) groups is 1. The van der Waals surface area contributed by atoms with Gasteiger partial charge in [0, 0.05) is 6.54 Å². The average Bonchev–Trinajstić information content (AvgIpc) is 2.94. The molecule has 0 aliphatic carbocycles. The molecule has 21 heavy (non-hydrogen) atoms. The van der Waals surface area contributed by atoms with E-state index in [1.807, 2.05) is 12.1 Å². The maximum Gasteiger partial charge on any atom is 0.262 e. The lowest BCUT2D eigenvalue weighted by Crippen LogP contribution is -2.20. The third-order valence-electron chi connectivity index (χ3n) is 2.81. The van der Waals surface area contributed by atoms with E-state index in [1.54, 1.807) is 36.3 Å². The summed E-state index contributed by atoms with van der Waals surface area (Å²) in [6.45, 7) is 2.83. The van der Waals surface area contributed by atoms with Gasteiger partial charge in [-0.3, -0.25) is 9.48 Å².